The molecule has 0 fully saturated rings. The molecule has 7 heteroatoms. The van der Waals surface area contributed by atoms with Gasteiger partial charge in [0.15, 0.2) is 0 Å². The molecular formula is C17H16ClN3O3. The van der Waals surface area contributed by atoms with Crippen molar-refractivity contribution in [2.75, 3.05) is 13.2 Å². The van der Waals surface area contributed by atoms with Gasteiger partial charge >= 0.3 is 0 Å². The molecule has 0 aliphatic heterocycles. The van der Waals surface area contributed by atoms with Gasteiger partial charge in [0.1, 0.15) is 12.4 Å². The minimum atomic E-state index is -0.236. The molecule has 0 aliphatic carbocycles. The van der Waals surface area contributed by atoms with Crippen molar-refractivity contribution >= 4 is 23.0 Å². The summed E-state index contributed by atoms with van der Waals surface area (Å²) >= 11 is 5.80. The van der Waals surface area contributed by atoms with E-state index in [4.69, 9.17) is 16.3 Å². The molecule has 24 heavy (non-hydrogen) atoms. The summed E-state index contributed by atoms with van der Waals surface area (Å²) in [5, 5.41) is 16.9. The van der Waals surface area contributed by atoms with Crippen molar-refractivity contribution in [1.82, 2.24) is 14.9 Å². The second kappa shape index (κ2) is 7.33. The molecule has 0 saturated heterocycles. The third-order valence-electron chi connectivity index (χ3n) is 3.50. The van der Waals surface area contributed by atoms with Crippen molar-refractivity contribution in [3.8, 4) is 5.75 Å². The first-order valence-corrected chi connectivity index (χ1v) is 7.80. The molecule has 0 bridgehead atoms. The lowest BCUT2D eigenvalue weighted by molar-refractivity contribution is 0.0948. The van der Waals surface area contributed by atoms with Gasteiger partial charge in [-0.15, -0.1) is 0 Å². The highest BCUT2D eigenvalue weighted by Gasteiger charge is 2.13. The summed E-state index contributed by atoms with van der Waals surface area (Å²) in [4.78, 5) is 12.3. The maximum absolute atomic E-state index is 12.3. The number of fused-ring (bicyclic) bond motifs is 1. The minimum Gasteiger partial charge on any atom is -0.492 e. The second-order valence-corrected chi connectivity index (χ2v) is 5.53. The van der Waals surface area contributed by atoms with Crippen LogP contribution in [0.4, 0.5) is 0 Å². The number of carbonyl (C=O) groups is 1. The molecule has 6 nitrogen and oxygen atoms in total. The molecule has 1 aromatic carbocycles. The Morgan fingerprint density at radius 2 is 2.04 bits per heavy atom. The van der Waals surface area contributed by atoms with Crippen LogP contribution in [0.25, 0.3) is 5.52 Å². The normalized spacial score (nSPS) is 10.8. The van der Waals surface area contributed by atoms with Crippen LogP contribution in [0, 0.1) is 0 Å². The SMILES string of the molecule is O=C(NCCOc1ccc(Cl)cc1)c1cnn2c(CO)cccc12. The van der Waals surface area contributed by atoms with Gasteiger partial charge in [-0.25, -0.2) is 4.52 Å². The lowest BCUT2D eigenvalue weighted by atomic mass is 10.2. The highest BCUT2D eigenvalue weighted by molar-refractivity contribution is 6.30. The smallest absolute Gasteiger partial charge is 0.255 e. The summed E-state index contributed by atoms with van der Waals surface area (Å²) in [6, 6.07) is 12.3. The van der Waals surface area contributed by atoms with Crippen LogP contribution in [0.5, 0.6) is 5.75 Å². The van der Waals surface area contributed by atoms with E-state index in [1.165, 1.54) is 6.20 Å². The van der Waals surface area contributed by atoms with E-state index < -0.39 is 0 Å². The highest BCUT2D eigenvalue weighted by Crippen LogP contribution is 2.15. The third kappa shape index (κ3) is 3.50. The van der Waals surface area contributed by atoms with Crippen molar-refractivity contribution in [2.24, 2.45) is 0 Å². The van der Waals surface area contributed by atoms with Gasteiger partial charge < -0.3 is 15.2 Å². The van der Waals surface area contributed by atoms with E-state index in [-0.39, 0.29) is 12.5 Å². The Morgan fingerprint density at radius 3 is 2.79 bits per heavy atom. The number of aromatic nitrogens is 2. The molecule has 0 atom stereocenters. The lowest BCUT2D eigenvalue weighted by Crippen LogP contribution is -2.28. The predicted molar refractivity (Wildman–Crippen MR) is 90.4 cm³/mol. The van der Waals surface area contributed by atoms with Crippen LogP contribution in [0.3, 0.4) is 0 Å². The average molecular weight is 346 g/mol. The zero-order valence-electron chi connectivity index (χ0n) is 12.8. The Hall–Kier alpha value is -2.57. The number of hydrogen-bond acceptors (Lipinski definition) is 4. The maximum Gasteiger partial charge on any atom is 0.255 e. The molecule has 0 unspecified atom stereocenters. The monoisotopic (exact) mass is 345 g/mol. The van der Waals surface area contributed by atoms with Crippen molar-refractivity contribution < 1.29 is 14.6 Å². The van der Waals surface area contributed by atoms with Gasteiger partial charge in [-0.3, -0.25) is 4.79 Å². The van der Waals surface area contributed by atoms with Crippen LogP contribution in [0.2, 0.25) is 5.02 Å². The van der Waals surface area contributed by atoms with Crippen LogP contribution in [0.15, 0.2) is 48.7 Å². The van der Waals surface area contributed by atoms with Gasteiger partial charge in [-0.05, 0) is 36.4 Å². The summed E-state index contributed by atoms with van der Waals surface area (Å²) in [6.07, 6.45) is 1.49. The van der Waals surface area contributed by atoms with Crippen LogP contribution >= 0.6 is 11.6 Å². The third-order valence-corrected chi connectivity index (χ3v) is 3.75. The Labute approximate surface area is 143 Å². The number of nitrogens with one attached hydrogen (secondary N) is 1. The van der Waals surface area contributed by atoms with E-state index in [0.29, 0.717) is 40.7 Å². The standard InChI is InChI=1S/C17H16ClN3O3/c18-12-4-6-14(7-5-12)24-9-8-19-17(23)15-10-20-21-13(11-22)2-1-3-16(15)21/h1-7,10,22H,8-9,11H2,(H,19,23). The molecule has 0 spiro atoms. The average Bonchev–Trinajstić information content (AvgIpc) is 3.04. The predicted octanol–water partition coefficient (Wildman–Crippen LogP) is 2.29. The molecular weight excluding hydrogens is 330 g/mol. The maximum atomic E-state index is 12.3. The number of halogens is 1. The molecule has 124 valence electrons. The molecule has 0 radical (unpaired) electrons. The summed E-state index contributed by atoms with van der Waals surface area (Å²) in [5.41, 5.74) is 1.73. The van der Waals surface area contributed by atoms with E-state index in [0.717, 1.165) is 0 Å². The van der Waals surface area contributed by atoms with Crippen molar-refractivity contribution in [3.63, 3.8) is 0 Å². The van der Waals surface area contributed by atoms with Gasteiger partial charge in [0, 0.05) is 5.02 Å². The molecule has 2 heterocycles. The van der Waals surface area contributed by atoms with Crippen molar-refractivity contribution in [1.29, 1.82) is 0 Å². The van der Waals surface area contributed by atoms with Crippen molar-refractivity contribution in [2.45, 2.75) is 6.61 Å². The van der Waals surface area contributed by atoms with E-state index in [1.54, 1.807) is 47.0 Å². The van der Waals surface area contributed by atoms with Gasteiger partial charge in [0.05, 0.1) is 36.1 Å². The zero-order chi connectivity index (χ0) is 16.9. The van der Waals surface area contributed by atoms with Crippen LogP contribution in [0.1, 0.15) is 16.1 Å². The number of carbonyl (C=O) groups excluding carboxylic acids is 1. The quantitative estimate of drug-likeness (QED) is 0.672. The Balaban J connectivity index is 1.58. The molecule has 2 N–H and O–H groups in total. The van der Waals surface area contributed by atoms with Gasteiger partial charge in [-0.1, -0.05) is 17.7 Å². The van der Waals surface area contributed by atoms with Gasteiger partial charge in [-0.2, -0.15) is 5.10 Å². The summed E-state index contributed by atoms with van der Waals surface area (Å²) < 4.78 is 7.08. The first-order valence-electron chi connectivity index (χ1n) is 7.42. The first-order chi connectivity index (χ1) is 11.7. The molecule has 0 aliphatic rings. The van der Waals surface area contributed by atoms with Crippen LogP contribution in [-0.4, -0.2) is 33.8 Å². The highest BCUT2D eigenvalue weighted by atomic mass is 35.5. The number of benzene rings is 1. The Morgan fingerprint density at radius 1 is 1.25 bits per heavy atom. The number of aliphatic hydroxyl groups is 1. The van der Waals surface area contributed by atoms with E-state index in [2.05, 4.69) is 10.4 Å². The fourth-order valence-electron chi connectivity index (χ4n) is 2.32. The summed E-state index contributed by atoms with van der Waals surface area (Å²) in [7, 11) is 0. The largest absolute Gasteiger partial charge is 0.492 e. The van der Waals surface area contributed by atoms with E-state index in [1.807, 2.05) is 0 Å². The fourth-order valence-corrected chi connectivity index (χ4v) is 2.45. The minimum absolute atomic E-state index is 0.144. The fraction of sp³-hybridized carbons (Fsp3) is 0.176. The zero-order valence-corrected chi connectivity index (χ0v) is 13.5. The number of aliphatic hydroxyl groups excluding tert-OH is 1. The molecule has 3 aromatic rings. The Bertz CT molecular complexity index is 846. The number of nitrogens with zero attached hydrogens (tertiary/aromatic N) is 2. The van der Waals surface area contributed by atoms with E-state index >= 15 is 0 Å². The van der Waals surface area contributed by atoms with Crippen LogP contribution < -0.4 is 10.1 Å². The van der Waals surface area contributed by atoms with Gasteiger partial charge in [0.25, 0.3) is 5.91 Å². The summed E-state index contributed by atoms with van der Waals surface area (Å²) in [6.45, 7) is 0.558. The van der Waals surface area contributed by atoms with Gasteiger partial charge in [0.2, 0.25) is 0 Å². The molecule has 1 amide bonds. The number of rotatable bonds is 6. The Kier molecular flexibility index (Phi) is 4.98. The number of pyridine rings is 1. The molecule has 3 rings (SSSR count). The first kappa shape index (κ1) is 16.3. The van der Waals surface area contributed by atoms with Crippen molar-refractivity contribution in [3.05, 3.63) is 64.9 Å². The van der Waals surface area contributed by atoms with E-state index in [9.17, 15) is 9.90 Å². The lowest BCUT2D eigenvalue weighted by Gasteiger charge is -2.07. The number of hydrogen-bond donors (Lipinski definition) is 2. The molecule has 0 saturated carbocycles. The van der Waals surface area contributed by atoms with Crippen LogP contribution in [-0.2, 0) is 6.61 Å². The second-order valence-electron chi connectivity index (χ2n) is 5.09. The topological polar surface area (TPSA) is 75.9 Å². The number of ether oxygens (including phenoxy) is 1. The number of amides is 1. The summed E-state index contributed by atoms with van der Waals surface area (Å²) in [5.74, 6) is 0.456. The molecule has 2 aromatic heterocycles.